The molecule has 0 aliphatic rings. The van der Waals surface area contributed by atoms with Crippen LogP contribution in [0.4, 0.5) is 4.79 Å². The molecule has 6 nitrogen and oxygen atoms in total. The summed E-state index contributed by atoms with van der Waals surface area (Å²) in [6, 6.07) is -0.0925. The summed E-state index contributed by atoms with van der Waals surface area (Å²) in [5.41, 5.74) is -2.26. The summed E-state index contributed by atoms with van der Waals surface area (Å²) in [7, 11) is 6.98. The second-order valence-corrected chi connectivity index (χ2v) is 13.2. The Morgan fingerprint density at radius 2 is 1.81 bits per heavy atom. The normalized spacial score (nSPS) is 13.7. The Morgan fingerprint density at radius 1 is 1.24 bits per heavy atom. The van der Waals surface area contributed by atoms with Gasteiger partial charge in [-0.1, -0.05) is 18.3 Å². The van der Waals surface area contributed by atoms with Crippen LogP contribution in [0.3, 0.4) is 0 Å². The Hall–Kier alpha value is 0.0500. The van der Waals surface area contributed by atoms with Gasteiger partial charge in [-0.25, -0.2) is 4.79 Å². The number of urea groups is 1. The van der Waals surface area contributed by atoms with Crippen molar-refractivity contribution in [2.24, 2.45) is 0 Å². The summed E-state index contributed by atoms with van der Waals surface area (Å²) >= 11 is 8.65. The van der Waals surface area contributed by atoms with Crippen molar-refractivity contribution in [1.82, 2.24) is 18.0 Å². The molecule has 0 aliphatic heterocycles. The van der Waals surface area contributed by atoms with Gasteiger partial charge in [0.1, 0.15) is 0 Å². The lowest BCUT2D eigenvalue weighted by atomic mass is 10.6. The summed E-state index contributed by atoms with van der Waals surface area (Å²) in [6.45, 7) is 4.55. The highest BCUT2D eigenvalue weighted by Crippen LogP contribution is 2.65. The fourth-order valence-electron chi connectivity index (χ4n) is 1.28. The molecule has 1 atom stereocenters. The van der Waals surface area contributed by atoms with Gasteiger partial charge in [0, 0.05) is 40.5 Å². The van der Waals surface area contributed by atoms with Gasteiger partial charge < -0.3 is 9.57 Å². The molecule has 0 aromatic carbocycles. The van der Waals surface area contributed by atoms with Gasteiger partial charge in [0.2, 0.25) is 6.41 Å². The van der Waals surface area contributed by atoms with Gasteiger partial charge in [0.25, 0.3) is 0 Å². The second-order valence-electron chi connectivity index (χ2n) is 4.42. The number of hydrogen-bond acceptors (Lipinski definition) is 5. The summed E-state index contributed by atoms with van der Waals surface area (Å²) in [6.07, 6.45) is 1.76. The van der Waals surface area contributed by atoms with Crippen LogP contribution in [0, 0.1) is 0 Å². The molecule has 0 aromatic rings. The molecule has 124 valence electrons. The largest absolute Gasteiger partial charge is 0.330 e. The van der Waals surface area contributed by atoms with Gasteiger partial charge in [0.15, 0.2) is 5.54 Å². The fourth-order valence-corrected chi connectivity index (χ4v) is 8.33. The molecule has 0 heterocycles. The standard InChI is InChI=1S/C11H25N4O2PS3/c1-7-9-20-18(19,13(5)10-16)14(6)21-15(8-2)11(17)12(3)4/h10H,7-9H2,1-6H3. The Bertz CT molecular complexity index is 398. The molecule has 0 rings (SSSR count). The number of hydrogen-bond donors (Lipinski definition) is 0. The average molecular weight is 373 g/mol. The number of rotatable bonds is 9. The molecule has 3 amide bonds. The summed E-state index contributed by atoms with van der Waals surface area (Å²) in [5, 5.41) is 0. The van der Waals surface area contributed by atoms with E-state index in [1.165, 1.54) is 17.0 Å². The molecule has 0 fully saturated rings. The van der Waals surface area contributed by atoms with Crippen LogP contribution in [-0.2, 0) is 16.6 Å². The Balaban J connectivity index is 5.11. The van der Waals surface area contributed by atoms with Gasteiger partial charge in [-0.15, -0.1) is 0 Å². The molecule has 1 unspecified atom stereocenters. The van der Waals surface area contributed by atoms with Crippen LogP contribution in [0.5, 0.6) is 0 Å². The highest BCUT2D eigenvalue weighted by Gasteiger charge is 2.31. The van der Waals surface area contributed by atoms with E-state index in [-0.39, 0.29) is 6.03 Å². The topological polar surface area (TPSA) is 47.1 Å². The summed E-state index contributed by atoms with van der Waals surface area (Å²) in [5.74, 6) is 0.883. The van der Waals surface area contributed by atoms with E-state index in [1.807, 2.05) is 18.0 Å². The molecule has 0 saturated heterocycles. The predicted octanol–water partition coefficient (Wildman–Crippen LogP) is 2.94. The maximum Gasteiger partial charge on any atom is 0.330 e. The van der Waals surface area contributed by atoms with Gasteiger partial charge >= 0.3 is 6.03 Å². The first kappa shape index (κ1) is 21.0. The van der Waals surface area contributed by atoms with Gasteiger partial charge in [-0.3, -0.25) is 9.10 Å². The van der Waals surface area contributed by atoms with E-state index >= 15 is 0 Å². The van der Waals surface area contributed by atoms with E-state index < -0.39 is 5.54 Å². The quantitative estimate of drug-likeness (QED) is 0.352. The lowest BCUT2D eigenvalue weighted by molar-refractivity contribution is -0.113. The molecule has 0 N–H and O–H groups in total. The lowest BCUT2D eigenvalue weighted by Gasteiger charge is -2.37. The van der Waals surface area contributed by atoms with Crippen molar-refractivity contribution in [3.05, 3.63) is 0 Å². The number of carbonyl (C=O) groups excluding carboxylic acids is 2. The summed E-state index contributed by atoms with van der Waals surface area (Å²) < 4.78 is 5.07. The monoisotopic (exact) mass is 372 g/mol. The van der Waals surface area contributed by atoms with Crippen molar-refractivity contribution in [2.45, 2.75) is 20.3 Å². The Kier molecular flexibility index (Phi) is 9.97. The first-order chi connectivity index (χ1) is 9.74. The highest BCUT2D eigenvalue weighted by molar-refractivity contribution is 8.70. The second kappa shape index (κ2) is 9.94. The van der Waals surface area contributed by atoms with Crippen molar-refractivity contribution >= 4 is 53.3 Å². The minimum Gasteiger partial charge on any atom is -0.330 e. The third-order valence-corrected chi connectivity index (χ3v) is 12.9. The van der Waals surface area contributed by atoms with Crippen molar-refractivity contribution in [2.75, 3.05) is 40.5 Å². The van der Waals surface area contributed by atoms with Crippen LogP contribution in [-0.4, -0.2) is 70.9 Å². The van der Waals surface area contributed by atoms with Crippen LogP contribution >= 0.6 is 29.1 Å². The van der Waals surface area contributed by atoms with E-state index in [1.54, 1.807) is 41.5 Å². The molecule has 21 heavy (non-hydrogen) atoms. The molecular formula is C11H25N4O2PS3. The Labute approximate surface area is 141 Å². The van der Waals surface area contributed by atoms with Crippen LogP contribution in [0.25, 0.3) is 0 Å². The molecule has 0 radical (unpaired) electrons. The molecule has 10 heteroatoms. The predicted molar refractivity (Wildman–Crippen MR) is 97.7 cm³/mol. The van der Waals surface area contributed by atoms with E-state index in [0.717, 1.165) is 18.6 Å². The summed E-state index contributed by atoms with van der Waals surface area (Å²) in [4.78, 5) is 24.8. The molecule has 0 aliphatic carbocycles. The van der Waals surface area contributed by atoms with E-state index in [0.29, 0.717) is 6.54 Å². The number of amides is 3. The maximum atomic E-state index is 12.1. The Morgan fingerprint density at radius 3 is 2.19 bits per heavy atom. The van der Waals surface area contributed by atoms with Gasteiger partial charge in [0.05, 0.1) is 12.1 Å². The van der Waals surface area contributed by atoms with Crippen LogP contribution in [0.2, 0.25) is 0 Å². The fraction of sp³-hybridized carbons (Fsp3) is 0.818. The van der Waals surface area contributed by atoms with Crippen molar-refractivity contribution in [1.29, 1.82) is 0 Å². The molecule has 0 saturated carbocycles. The zero-order valence-electron chi connectivity index (χ0n) is 13.5. The zero-order valence-corrected chi connectivity index (χ0v) is 16.8. The zero-order chi connectivity index (χ0) is 16.6. The highest BCUT2D eigenvalue weighted by atomic mass is 32.9. The van der Waals surface area contributed by atoms with E-state index in [9.17, 15) is 9.59 Å². The van der Waals surface area contributed by atoms with Crippen molar-refractivity contribution < 1.29 is 9.59 Å². The minimum absolute atomic E-state index is 0.0925. The molecule has 0 bridgehead atoms. The SMILES string of the molecule is CCCSP(=S)(N(C)C=O)N(C)SN(CC)C(=O)N(C)C. The molecule has 0 aromatic heterocycles. The molecule has 0 spiro atoms. The maximum absolute atomic E-state index is 12.1. The van der Waals surface area contributed by atoms with Crippen molar-refractivity contribution in [3.8, 4) is 0 Å². The number of nitrogens with zero attached hydrogens (tertiary/aromatic N) is 4. The van der Waals surface area contributed by atoms with E-state index in [4.69, 9.17) is 11.8 Å². The smallest absolute Gasteiger partial charge is 0.330 e. The van der Waals surface area contributed by atoms with E-state index in [2.05, 4.69) is 6.92 Å². The first-order valence-corrected chi connectivity index (χ1v) is 11.6. The molecular weight excluding hydrogens is 347 g/mol. The van der Waals surface area contributed by atoms with Gasteiger partial charge in [-0.05, 0) is 25.2 Å². The van der Waals surface area contributed by atoms with Gasteiger partial charge in [-0.2, -0.15) is 4.08 Å². The van der Waals surface area contributed by atoms with Crippen LogP contribution < -0.4 is 0 Å². The number of carbonyl (C=O) groups is 2. The van der Waals surface area contributed by atoms with Crippen LogP contribution in [0.1, 0.15) is 20.3 Å². The first-order valence-electron chi connectivity index (χ1n) is 6.58. The lowest BCUT2D eigenvalue weighted by Crippen LogP contribution is -2.36. The van der Waals surface area contributed by atoms with Crippen molar-refractivity contribution in [3.63, 3.8) is 0 Å². The van der Waals surface area contributed by atoms with Crippen LogP contribution in [0.15, 0.2) is 0 Å². The minimum atomic E-state index is -2.26. The third kappa shape index (κ3) is 5.98. The average Bonchev–Trinajstić information content (AvgIpc) is 2.47. The third-order valence-electron chi connectivity index (χ3n) is 2.47.